The second kappa shape index (κ2) is 9.13. The zero-order chi connectivity index (χ0) is 22.9. The van der Waals surface area contributed by atoms with Crippen LogP contribution in [0.15, 0.2) is 65.1 Å². The number of carbonyl (C=O) groups is 1. The first-order valence-corrected chi connectivity index (χ1v) is 11.6. The van der Waals surface area contributed by atoms with Gasteiger partial charge in [0.15, 0.2) is 0 Å². The Morgan fingerprint density at radius 3 is 2.09 bits per heavy atom. The summed E-state index contributed by atoms with van der Waals surface area (Å²) in [5.74, 6) is 1.61. The minimum atomic E-state index is -0.122. The Labute approximate surface area is 195 Å². The molecule has 32 heavy (non-hydrogen) atoms. The van der Waals surface area contributed by atoms with Crippen LogP contribution in [0.1, 0.15) is 59.8 Å². The van der Waals surface area contributed by atoms with Gasteiger partial charge in [0.1, 0.15) is 11.5 Å². The molecule has 2 heterocycles. The lowest BCUT2D eigenvalue weighted by molar-refractivity contribution is 0.0595. The molecule has 1 aromatic heterocycles. The molecule has 0 N–H and O–H groups in total. The molecule has 0 aliphatic carbocycles. The molecule has 1 aliphatic heterocycles. The fourth-order valence-corrected chi connectivity index (χ4v) is 4.44. The van der Waals surface area contributed by atoms with Gasteiger partial charge in [0, 0.05) is 36.6 Å². The van der Waals surface area contributed by atoms with Crippen LogP contribution in [0.2, 0.25) is 5.02 Å². The van der Waals surface area contributed by atoms with Gasteiger partial charge in [0.25, 0.3) is 5.91 Å². The van der Waals surface area contributed by atoms with Crippen molar-refractivity contribution >= 4 is 17.5 Å². The average Bonchev–Trinajstić information content (AvgIpc) is 3.18. The molecule has 0 radical (unpaired) electrons. The van der Waals surface area contributed by atoms with E-state index in [1.165, 1.54) is 11.1 Å². The summed E-state index contributed by atoms with van der Waals surface area (Å²) < 4.78 is 5.91. The minimum Gasteiger partial charge on any atom is -0.465 e. The molecule has 4 rings (SSSR count). The van der Waals surface area contributed by atoms with Gasteiger partial charge in [-0.15, -0.1) is 0 Å². The van der Waals surface area contributed by atoms with E-state index < -0.39 is 0 Å². The molecule has 1 amide bonds. The molecular formula is C27H31ClN2O2. The number of benzene rings is 2. The number of furan rings is 1. The summed E-state index contributed by atoms with van der Waals surface area (Å²) in [4.78, 5) is 17.6. The van der Waals surface area contributed by atoms with Crippen molar-refractivity contribution < 1.29 is 9.21 Å². The lowest BCUT2D eigenvalue weighted by Gasteiger charge is -2.39. The van der Waals surface area contributed by atoms with Crippen molar-refractivity contribution in [2.45, 2.75) is 39.2 Å². The number of hydrogen-bond donors (Lipinski definition) is 0. The first-order chi connectivity index (χ1) is 15.2. The number of carbonyl (C=O) groups excluding carboxylic acids is 1. The van der Waals surface area contributed by atoms with Crippen LogP contribution in [0.5, 0.6) is 0 Å². The first-order valence-electron chi connectivity index (χ1n) is 11.2. The molecule has 3 aromatic rings. The maximum absolute atomic E-state index is 13.2. The van der Waals surface area contributed by atoms with E-state index in [0.717, 1.165) is 23.9 Å². The van der Waals surface area contributed by atoms with Gasteiger partial charge < -0.3 is 9.32 Å². The van der Waals surface area contributed by atoms with Crippen LogP contribution in [0.3, 0.4) is 0 Å². The molecule has 1 saturated heterocycles. The molecule has 1 aliphatic rings. The van der Waals surface area contributed by atoms with E-state index in [0.29, 0.717) is 24.4 Å². The number of hydrogen-bond acceptors (Lipinski definition) is 3. The largest absolute Gasteiger partial charge is 0.465 e. The van der Waals surface area contributed by atoms with E-state index in [-0.39, 0.29) is 17.4 Å². The second-order valence-corrected chi connectivity index (χ2v) is 9.96. The fraction of sp³-hybridized carbons (Fsp3) is 0.370. The van der Waals surface area contributed by atoms with E-state index in [1.54, 1.807) is 0 Å². The van der Waals surface area contributed by atoms with Crippen LogP contribution in [0.4, 0.5) is 0 Å². The van der Waals surface area contributed by atoms with Gasteiger partial charge in [0.05, 0.1) is 11.6 Å². The Morgan fingerprint density at radius 1 is 0.938 bits per heavy atom. The van der Waals surface area contributed by atoms with Gasteiger partial charge in [-0.1, -0.05) is 74.8 Å². The molecule has 5 heteroatoms. The van der Waals surface area contributed by atoms with E-state index in [9.17, 15) is 4.79 Å². The minimum absolute atomic E-state index is 0.0594. The van der Waals surface area contributed by atoms with Crippen molar-refractivity contribution in [3.63, 3.8) is 0 Å². The van der Waals surface area contributed by atoms with Gasteiger partial charge in [0.2, 0.25) is 0 Å². The van der Waals surface area contributed by atoms with Gasteiger partial charge in [-0.25, -0.2) is 0 Å². The normalized spacial score (nSPS) is 16.2. The summed E-state index contributed by atoms with van der Waals surface area (Å²) in [6.07, 6.45) is 0. The number of rotatable bonds is 4. The third kappa shape index (κ3) is 4.77. The van der Waals surface area contributed by atoms with Gasteiger partial charge in [-0.05, 0) is 36.2 Å². The fourth-order valence-electron chi connectivity index (χ4n) is 4.31. The highest BCUT2D eigenvalue weighted by Crippen LogP contribution is 2.31. The number of amides is 1. The maximum atomic E-state index is 13.2. The summed E-state index contributed by atoms with van der Waals surface area (Å²) in [5, 5.41) is 0.737. The molecule has 0 saturated carbocycles. The van der Waals surface area contributed by atoms with Crippen LogP contribution in [-0.2, 0) is 5.41 Å². The summed E-state index contributed by atoms with van der Waals surface area (Å²) >= 11 is 6.14. The molecule has 0 spiro atoms. The molecule has 1 fully saturated rings. The number of piperazine rings is 1. The molecule has 168 valence electrons. The zero-order valence-corrected chi connectivity index (χ0v) is 20.0. The Bertz CT molecular complexity index is 1060. The molecular weight excluding hydrogens is 420 g/mol. The van der Waals surface area contributed by atoms with E-state index in [1.807, 2.05) is 36.1 Å². The van der Waals surface area contributed by atoms with Crippen molar-refractivity contribution in [3.8, 4) is 0 Å². The van der Waals surface area contributed by atoms with Crippen molar-refractivity contribution in [2.75, 3.05) is 26.2 Å². The standard InChI is InChI=1S/C27H31ClN2O2/c1-19-23(18-24(32-19)27(2,3)4)26(31)30-16-14-29(15-17-30)25(20-8-6-5-7-9-20)21-10-12-22(28)13-11-21/h5-13,18,25H,14-17H2,1-4H3. The number of halogens is 1. The highest BCUT2D eigenvalue weighted by atomic mass is 35.5. The van der Waals surface area contributed by atoms with Gasteiger partial charge >= 0.3 is 0 Å². The smallest absolute Gasteiger partial charge is 0.257 e. The monoisotopic (exact) mass is 450 g/mol. The van der Waals surface area contributed by atoms with Crippen LogP contribution in [0.25, 0.3) is 0 Å². The maximum Gasteiger partial charge on any atom is 0.257 e. The van der Waals surface area contributed by atoms with Gasteiger partial charge in [-0.3, -0.25) is 9.69 Å². The molecule has 1 atom stereocenters. The third-order valence-corrected chi connectivity index (χ3v) is 6.41. The Balaban J connectivity index is 1.52. The topological polar surface area (TPSA) is 36.7 Å². The average molecular weight is 451 g/mol. The lowest BCUT2D eigenvalue weighted by atomic mass is 9.93. The highest BCUT2D eigenvalue weighted by Gasteiger charge is 2.31. The number of nitrogens with zero attached hydrogens (tertiary/aromatic N) is 2. The Morgan fingerprint density at radius 2 is 1.53 bits per heavy atom. The van der Waals surface area contributed by atoms with Crippen molar-refractivity contribution in [3.05, 3.63) is 93.9 Å². The molecule has 4 nitrogen and oxygen atoms in total. The van der Waals surface area contributed by atoms with E-state index >= 15 is 0 Å². The third-order valence-electron chi connectivity index (χ3n) is 6.16. The van der Waals surface area contributed by atoms with E-state index in [2.05, 4.69) is 62.1 Å². The summed E-state index contributed by atoms with van der Waals surface area (Å²) in [5.41, 5.74) is 3.01. The SMILES string of the molecule is Cc1oc(C(C)(C)C)cc1C(=O)N1CCN(C(c2ccccc2)c2ccc(Cl)cc2)CC1. The Hall–Kier alpha value is -2.56. The van der Waals surface area contributed by atoms with Gasteiger partial charge in [-0.2, -0.15) is 0 Å². The second-order valence-electron chi connectivity index (χ2n) is 9.52. The summed E-state index contributed by atoms with van der Waals surface area (Å²) in [6, 6.07) is 20.7. The molecule has 0 bridgehead atoms. The zero-order valence-electron chi connectivity index (χ0n) is 19.3. The van der Waals surface area contributed by atoms with Crippen LogP contribution < -0.4 is 0 Å². The summed E-state index contributed by atoms with van der Waals surface area (Å²) in [6.45, 7) is 11.1. The highest BCUT2D eigenvalue weighted by molar-refractivity contribution is 6.30. The lowest BCUT2D eigenvalue weighted by Crippen LogP contribution is -2.49. The van der Waals surface area contributed by atoms with Crippen LogP contribution in [-0.4, -0.2) is 41.9 Å². The van der Waals surface area contributed by atoms with Crippen LogP contribution in [0, 0.1) is 6.92 Å². The Kier molecular flexibility index (Phi) is 6.45. The van der Waals surface area contributed by atoms with E-state index in [4.69, 9.17) is 16.0 Å². The number of aryl methyl sites for hydroxylation is 1. The predicted octanol–water partition coefficient (Wildman–Crippen LogP) is 6.09. The van der Waals surface area contributed by atoms with Crippen molar-refractivity contribution in [1.29, 1.82) is 0 Å². The summed E-state index contributed by atoms with van der Waals surface area (Å²) in [7, 11) is 0. The van der Waals surface area contributed by atoms with Crippen molar-refractivity contribution in [2.24, 2.45) is 0 Å². The van der Waals surface area contributed by atoms with Crippen LogP contribution >= 0.6 is 11.6 Å². The quantitative estimate of drug-likeness (QED) is 0.482. The molecule has 1 unspecified atom stereocenters. The first kappa shape index (κ1) is 22.6. The predicted molar refractivity (Wildman–Crippen MR) is 129 cm³/mol. The van der Waals surface area contributed by atoms with Crippen molar-refractivity contribution in [1.82, 2.24) is 9.80 Å². The molecule has 2 aromatic carbocycles.